The number of fused-ring (bicyclic) bond motifs is 1. The molecule has 0 saturated carbocycles. The molecule has 0 bridgehead atoms. The molecule has 2 aromatic rings. The zero-order valence-electron chi connectivity index (χ0n) is 12.3. The number of nitrogens with one attached hydrogen (secondary N) is 2. The van der Waals surface area contributed by atoms with E-state index >= 15 is 0 Å². The highest BCUT2D eigenvalue weighted by Crippen LogP contribution is 2.20. The summed E-state index contributed by atoms with van der Waals surface area (Å²) in [5.74, 6) is 2.07. The van der Waals surface area contributed by atoms with Gasteiger partial charge in [-0.1, -0.05) is 13.8 Å². The first-order valence-electron chi connectivity index (χ1n) is 7.53. The molecule has 1 aliphatic rings. The van der Waals surface area contributed by atoms with Gasteiger partial charge in [0, 0.05) is 18.9 Å². The summed E-state index contributed by atoms with van der Waals surface area (Å²) in [5, 5.41) is 11.5. The van der Waals surface area contributed by atoms with Gasteiger partial charge in [-0.05, 0) is 43.8 Å². The topological polar surface area (TPSA) is 54.2 Å². The Morgan fingerprint density at radius 1 is 1.50 bits per heavy atom. The van der Waals surface area contributed by atoms with Crippen molar-refractivity contribution in [1.29, 1.82) is 0 Å². The molecule has 5 heteroatoms. The molecule has 1 saturated heterocycles. The minimum Gasteiger partial charge on any atom is -0.368 e. The molecule has 20 heavy (non-hydrogen) atoms. The van der Waals surface area contributed by atoms with Crippen LogP contribution in [0, 0.1) is 5.92 Å². The third-order valence-corrected chi connectivity index (χ3v) is 3.96. The van der Waals surface area contributed by atoms with Crippen molar-refractivity contribution in [3.05, 3.63) is 24.2 Å². The minimum atomic E-state index is 0.435. The normalized spacial score (nSPS) is 19.6. The molecule has 0 aliphatic carbocycles. The standard InChI is InChI=1S/C15H23N5/c1-11(2)13-8-14-15(17-6-7-20(14)19-13)18-10-12-4-3-5-16-9-12/h6-8,11-12,16H,3-5,9-10H2,1-2H3,(H,17,18). The number of aromatic nitrogens is 3. The Kier molecular flexibility index (Phi) is 3.87. The highest BCUT2D eigenvalue weighted by molar-refractivity contribution is 5.67. The van der Waals surface area contributed by atoms with E-state index in [2.05, 4.69) is 40.6 Å². The van der Waals surface area contributed by atoms with Gasteiger partial charge in [0.2, 0.25) is 0 Å². The predicted octanol–water partition coefficient (Wildman–Crippen LogP) is 2.26. The molecule has 1 fully saturated rings. The van der Waals surface area contributed by atoms with E-state index in [1.807, 2.05) is 16.9 Å². The summed E-state index contributed by atoms with van der Waals surface area (Å²) < 4.78 is 1.92. The number of piperidine rings is 1. The second-order valence-electron chi connectivity index (χ2n) is 5.92. The monoisotopic (exact) mass is 273 g/mol. The lowest BCUT2D eigenvalue weighted by Crippen LogP contribution is -2.33. The number of hydrogen-bond donors (Lipinski definition) is 2. The van der Waals surface area contributed by atoms with Crippen molar-refractivity contribution >= 4 is 11.3 Å². The predicted molar refractivity (Wildman–Crippen MR) is 81.2 cm³/mol. The van der Waals surface area contributed by atoms with Gasteiger partial charge >= 0.3 is 0 Å². The van der Waals surface area contributed by atoms with E-state index in [4.69, 9.17) is 0 Å². The first-order valence-corrected chi connectivity index (χ1v) is 7.53. The third-order valence-electron chi connectivity index (χ3n) is 3.96. The van der Waals surface area contributed by atoms with Crippen LogP contribution in [-0.2, 0) is 0 Å². The van der Waals surface area contributed by atoms with Gasteiger partial charge in [-0.15, -0.1) is 0 Å². The maximum Gasteiger partial charge on any atom is 0.152 e. The first kappa shape index (κ1) is 13.4. The quantitative estimate of drug-likeness (QED) is 0.897. The summed E-state index contributed by atoms with van der Waals surface area (Å²) in [4.78, 5) is 4.47. The van der Waals surface area contributed by atoms with Crippen LogP contribution in [0.3, 0.4) is 0 Å². The SMILES string of the molecule is CC(C)c1cc2c(NCC3CCCNC3)nccn2n1. The zero-order chi connectivity index (χ0) is 13.9. The van der Waals surface area contributed by atoms with E-state index in [9.17, 15) is 0 Å². The molecule has 0 amide bonds. The summed E-state index contributed by atoms with van der Waals surface area (Å²) >= 11 is 0. The molecule has 3 rings (SSSR count). The van der Waals surface area contributed by atoms with Crippen molar-refractivity contribution in [2.24, 2.45) is 5.92 Å². The lowest BCUT2D eigenvalue weighted by Gasteiger charge is -2.23. The van der Waals surface area contributed by atoms with Crippen LogP contribution in [0.5, 0.6) is 0 Å². The van der Waals surface area contributed by atoms with Crippen LogP contribution in [0.2, 0.25) is 0 Å². The fourth-order valence-electron chi connectivity index (χ4n) is 2.70. The van der Waals surface area contributed by atoms with Gasteiger partial charge in [0.05, 0.1) is 5.69 Å². The van der Waals surface area contributed by atoms with Crippen LogP contribution in [-0.4, -0.2) is 34.2 Å². The van der Waals surface area contributed by atoms with Gasteiger partial charge in [0.25, 0.3) is 0 Å². The number of rotatable bonds is 4. The molecule has 2 aromatic heterocycles. The van der Waals surface area contributed by atoms with Crippen molar-refractivity contribution in [3.63, 3.8) is 0 Å². The summed E-state index contributed by atoms with van der Waals surface area (Å²) in [6.45, 7) is 7.56. The Morgan fingerprint density at radius 3 is 3.15 bits per heavy atom. The van der Waals surface area contributed by atoms with Gasteiger partial charge < -0.3 is 10.6 Å². The fourth-order valence-corrected chi connectivity index (χ4v) is 2.70. The number of hydrogen-bond acceptors (Lipinski definition) is 4. The number of anilines is 1. The van der Waals surface area contributed by atoms with Crippen molar-refractivity contribution in [2.45, 2.75) is 32.6 Å². The van der Waals surface area contributed by atoms with Crippen molar-refractivity contribution in [3.8, 4) is 0 Å². The zero-order valence-corrected chi connectivity index (χ0v) is 12.3. The molecule has 5 nitrogen and oxygen atoms in total. The van der Waals surface area contributed by atoms with E-state index < -0.39 is 0 Å². The van der Waals surface area contributed by atoms with Gasteiger partial charge in [0.1, 0.15) is 5.52 Å². The highest BCUT2D eigenvalue weighted by Gasteiger charge is 2.14. The molecule has 3 heterocycles. The van der Waals surface area contributed by atoms with E-state index in [0.717, 1.165) is 36.7 Å². The third kappa shape index (κ3) is 2.77. The van der Waals surface area contributed by atoms with Crippen LogP contribution in [0.4, 0.5) is 5.82 Å². The Hall–Kier alpha value is -1.62. The maximum absolute atomic E-state index is 4.59. The van der Waals surface area contributed by atoms with E-state index in [1.54, 1.807) is 0 Å². The average Bonchev–Trinajstić information content (AvgIpc) is 2.91. The van der Waals surface area contributed by atoms with E-state index in [-0.39, 0.29) is 0 Å². The molecule has 0 aromatic carbocycles. The first-order chi connectivity index (χ1) is 9.74. The van der Waals surface area contributed by atoms with Crippen LogP contribution in [0.25, 0.3) is 5.52 Å². The van der Waals surface area contributed by atoms with Gasteiger partial charge in [0.15, 0.2) is 5.82 Å². The van der Waals surface area contributed by atoms with Crippen LogP contribution in [0.15, 0.2) is 18.5 Å². The second-order valence-corrected chi connectivity index (χ2v) is 5.92. The average molecular weight is 273 g/mol. The molecule has 108 valence electrons. The lowest BCUT2D eigenvalue weighted by atomic mass is 10.00. The summed E-state index contributed by atoms with van der Waals surface area (Å²) in [6, 6.07) is 2.14. The molecule has 2 N–H and O–H groups in total. The smallest absolute Gasteiger partial charge is 0.152 e. The Bertz CT molecular complexity index is 569. The van der Waals surface area contributed by atoms with Gasteiger partial charge in [-0.25, -0.2) is 9.50 Å². The summed E-state index contributed by atoms with van der Waals surface area (Å²) in [7, 11) is 0. The minimum absolute atomic E-state index is 0.435. The Morgan fingerprint density at radius 2 is 2.40 bits per heavy atom. The van der Waals surface area contributed by atoms with Gasteiger partial charge in [-0.3, -0.25) is 0 Å². The molecule has 1 aliphatic heterocycles. The molecule has 1 unspecified atom stereocenters. The second kappa shape index (κ2) is 5.79. The Labute approximate surface area is 119 Å². The van der Waals surface area contributed by atoms with Crippen molar-refractivity contribution in [2.75, 3.05) is 25.0 Å². The lowest BCUT2D eigenvalue weighted by molar-refractivity contribution is 0.392. The number of nitrogens with zero attached hydrogens (tertiary/aromatic N) is 3. The molecule has 0 radical (unpaired) electrons. The molecular weight excluding hydrogens is 250 g/mol. The highest BCUT2D eigenvalue weighted by atomic mass is 15.2. The largest absolute Gasteiger partial charge is 0.368 e. The van der Waals surface area contributed by atoms with Crippen LogP contribution >= 0.6 is 0 Å². The maximum atomic E-state index is 4.59. The van der Waals surface area contributed by atoms with Gasteiger partial charge in [-0.2, -0.15) is 5.10 Å². The van der Waals surface area contributed by atoms with Crippen molar-refractivity contribution in [1.82, 2.24) is 19.9 Å². The molecule has 1 atom stereocenters. The Balaban J connectivity index is 1.76. The summed E-state index contributed by atoms with van der Waals surface area (Å²) in [6.07, 6.45) is 6.29. The summed E-state index contributed by atoms with van der Waals surface area (Å²) in [5.41, 5.74) is 2.18. The fraction of sp³-hybridized carbons (Fsp3) is 0.600. The van der Waals surface area contributed by atoms with Crippen LogP contribution < -0.4 is 10.6 Å². The molecule has 0 spiro atoms. The van der Waals surface area contributed by atoms with Crippen LogP contribution in [0.1, 0.15) is 38.3 Å². The van der Waals surface area contributed by atoms with Crippen molar-refractivity contribution < 1.29 is 0 Å². The molecular formula is C15H23N5. The van der Waals surface area contributed by atoms with E-state index in [1.165, 1.54) is 12.8 Å². The van der Waals surface area contributed by atoms with E-state index in [0.29, 0.717) is 11.8 Å².